The van der Waals surface area contributed by atoms with Gasteiger partial charge in [0.15, 0.2) is 0 Å². The third kappa shape index (κ3) is 3.47. The Bertz CT molecular complexity index is 765. The molecule has 2 nitrogen and oxygen atoms in total. The molecule has 2 heterocycles. The van der Waals surface area contributed by atoms with Crippen LogP contribution >= 0.6 is 11.3 Å². The van der Waals surface area contributed by atoms with Crippen molar-refractivity contribution in [3.05, 3.63) is 71.1 Å². The van der Waals surface area contributed by atoms with Gasteiger partial charge >= 0.3 is 0 Å². The fraction of sp³-hybridized carbons (Fsp3) is 0.300. The Kier molecular flexibility index (Phi) is 4.42. The van der Waals surface area contributed by atoms with E-state index >= 15 is 0 Å². The monoisotopic (exact) mass is 322 g/mol. The van der Waals surface area contributed by atoms with Crippen LogP contribution in [0.5, 0.6) is 0 Å². The van der Waals surface area contributed by atoms with Crippen LogP contribution in [0.25, 0.3) is 10.1 Å². The highest BCUT2D eigenvalue weighted by molar-refractivity contribution is 7.17. The maximum absolute atomic E-state index is 3.70. The van der Waals surface area contributed by atoms with E-state index in [0.717, 1.165) is 32.6 Å². The maximum Gasteiger partial charge on any atom is 0.0345 e. The van der Waals surface area contributed by atoms with Crippen molar-refractivity contribution < 1.29 is 0 Å². The number of nitrogens with zero attached hydrogens (tertiary/aromatic N) is 1. The lowest BCUT2D eigenvalue weighted by atomic mass is 10.0. The van der Waals surface area contributed by atoms with Crippen LogP contribution in [-0.4, -0.2) is 30.6 Å². The second kappa shape index (κ2) is 6.83. The molecular formula is C20H22N2S. The molecule has 0 radical (unpaired) electrons. The van der Waals surface area contributed by atoms with Crippen molar-refractivity contribution in [1.29, 1.82) is 0 Å². The number of benzene rings is 2. The highest BCUT2D eigenvalue weighted by Gasteiger charge is 2.20. The normalized spacial score (nSPS) is 19.2. The van der Waals surface area contributed by atoms with Gasteiger partial charge in [0.25, 0.3) is 0 Å². The average molecular weight is 322 g/mol. The van der Waals surface area contributed by atoms with Gasteiger partial charge in [-0.15, -0.1) is 11.3 Å². The van der Waals surface area contributed by atoms with Crippen molar-refractivity contribution in [3.63, 3.8) is 0 Å². The van der Waals surface area contributed by atoms with Crippen LogP contribution in [0.4, 0.5) is 0 Å². The first-order valence-electron chi connectivity index (χ1n) is 8.33. The standard InChI is InChI=1S/C20H22N2S/c1-2-6-16(7-3-1)13-22-11-10-21-18(14-22)12-17-15-23-20-9-5-4-8-19(17)20/h1-9,15,18,21H,10-14H2/t18-/m1/s1. The van der Waals surface area contributed by atoms with Crippen LogP contribution in [0.2, 0.25) is 0 Å². The summed E-state index contributed by atoms with van der Waals surface area (Å²) in [5.74, 6) is 0. The molecule has 0 amide bonds. The Hall–Kier alpha value is -1.68. The van der Waals surface area contributed by atoms with Crippen molar-refractivity contribution in [2.75, 3.05) is 19.6 Å². The Morgan fingerprint density at radius 2 is 1.87 bits per heavy atom. The summed E-state index contributed by atoms with van der Waals surface area (Å²) in [6, 6.07) is 20.1. The van der Waals surface area contributed by atoms with E-state index in [0.29, 0.717) is 6.04 Å². The minimum atomic E-state index is 0.547. The lowest BCUT2D eigenvalue weighted by Gasteiger charge is -2.33. The summed E-state index contributed by atoms with van der Waals surface area (Å²) in [5, 5.41) is 7.47. The molecule has 0 spiro atoms. The summed E-state index contributed by atoms with van der Waals surface area (Å²) < 4.78 is 1.40. The fourth-order valence-electron chi connectivity index (χ4n) is 3.47. The van der Waals surface area contributed by atoms with Gasteiger partial charge < -0.3 is 5.32 Å². The van der Waals surface area contributed by atoms with Gasteiger partial charge in [0.2, 0.25) is 0 Å². The predicted octanol–water partition coefficient (Wildman–Crippen LogP) is 3.92. The number of thiophene rings is 1. The lowest BCUT2D eigenvalue weighted by molar-refractivity contribution is 0.192. The first-order valence-corrected chi connectivity index (χ1v) is 9.21. The maximum atomic E-state index is 3.70. The van der Waals surface area contributed by atoms with Gasteiger partial charge in [-0.25, -0.2) is 0 Å². The highest BCUT2D eigenvalue weighted by Crippen LogP contribution is 2.27. The third-order valence-electron chi connectivity index (χ3n) is 4.62. The topological polar surface area (TPSA) is 15.3 Å². The van der Waals surface area contributed by atoms with Crippen LogP contribution in [0, 0.1) is 0 Å². The quantitative estimate of drug-likeness (QED) is 0.783. The van der Waals surface area contributed by atoms with E-state index in [-0.39, 0.29) is 0 Å². The van der Waals surface area contributed by atoms with E-state index < -0.39 is 0 Å². The van der Waals surface area contributed by atoms with Crippen LogP contribution in [0.3, 0.4) is 0 Å². The van der Waals surface area contributed by atoms with Crippen LogP contribution < -0.4 is 5.32 Å². The first-order chi connectivity index (χ1) is 11.4. The molecule has 2 aromatic carbocycles. The molecule has 1 aliphatic heterocycles. The summed E-state index contributed by atoms with van der Waals surface area (Å²) in [6.45, 7) is 4.40. The molecule has 0 aliphatic carbocycles. The van der Waals surface area contributed by atoms with Crippen molar-refractivity contribution in [1.82, 2.24) is 10.2 Å². The molecule has 23 heavy (non-hydrogen) atoms. The molecule has 0 unspecified atom stereocenters. The Labute approximate surface area is 141 Å². The number of piperazine rings is 1. The molecule has 0 bridgehead atoms. The van der Waals surface area contributed by atoms with Gasteiger partial charge in [0, 0.05) is 36.9 Å². The summed E-state index contributed by atoms with van der Waals surface area (Å²) in [7, 11) is 0. The van der Waals surface area contributed by atoms with E-state index in [4.69, 9.17) is 0 Å². The zero-order chi connectivity index (χ0) is 15.5. The van der Waals surface area contributed by atoms with Crippen LogP contribution in [-0.2, 0) is 13.0 Å². The average Bonchev–Trinajstić information content (AvgIpc) is 2.99. The summed E-state index contributed by atoms with van der Waals surface area (Å²) in [5.41, 5.74) is 2.90. The SMILES string of the molecule is c1ccc(CN2CCN[C@H](Cc3csc4ccccc34)C2)cc1. The number of hydrogen-bond acceptors (Lipinski definition) is 3. The third-order valence-corrected chi connectivity index (χ3v) is 5.63. The van der Waals surface area contributed by atoms with Crippen molar-refractivity contribution in [2.45, 2.75) is 19.0 Å². The highest BCUT2D eigenvalue weighted by atomic mass is 32.1. The predicted molar refractivity (Wildman–Crippen MR) is 99.0 cm³/mol. The van der Waals surface area contributed by atoms with Crippen molar-refractivity contribution in [3.8, 4) is 0 Å². The van der Waals surface area contributed by atoms with Gasteiger partial charge in [-0.1, -0.05) is 48.5 Å². The molecule has 1 aromatic heterocycles. The van der Waals surface area contributed by atoms with E-state index in [1.807, 2.05) is 11.3 Å². The molecular weight excluding hydrogens is 300 g/mol. The second-order valence-corrected chi connectivity index (χ2v) is 7.24. The fourth-order valence-corrected chi connectivity index (χ4v) is 4.45. The molecule has 1 fully saturated rings. The number of nitrogens with one attached hydrogen (secondary N) is 1. The molecule has 4 rings (SSSR count). The van der Waals surface area contributed by atoms with Gasteiger partial charge in [-0.3, -0.25) is 4.90 Å². The van der Waals surface area contributed by atoms with Gasteiger partial charge in [0.05, 0.1) is 0 Å². The Morgan fingerprint density at radius 1 is 1.04 bits per heavy atom. The van der Waals surface area contributed by atoms with Crippen LogP contribution in [0.1, 0.15) is 11.1 Å². The molecule has 3 aromatic rings. The minimum absolute atomic E-state index is 0.547. The largest absolute Gasteiger partial charge is 0.311 e. The first kappa shape index (κ1) is 14.9. The molecule has 0 saturated carbocycles. The number of fused-ring (bicyclic) bond motifs is 1. The number of hydrogen-bond donors (Lipinski definition) is 1. The van der Waals surface area contributed by atoms with E-state index in [1.165, 1.54) is 21.2 Å². The van der Waals surface area contributed by atoms with Crippen molar-refractivity contribution in [2.24, 2.45) is 0 Å². The van der Waals surface area contributed by atoms with Crippen LogP contribution in [0.15, 0.2) is 60.0 Å². The number of rotatable bonds is 4. The molecule has 1 N–H and O–H groups in total. The zero-order valence-electron chi connectivity index (χ0n) is 13.2. The smallest absolute Gasteiger partial charge is 0.0345 e. The zero-order valence-corrected chi connectivity index (χ0v) is 14.1. The second-order valence-electron chi connectivity index (χ2n) is 6.33. The molecule has 1 saturated heterocycles. The molecule has 3 heteroatoms. The summed E-state index contributed by atoms with van der Waals surface area (Å²) in [6.07, 6.45) is 1.12. The van der Waals surface area contributed by atoms with Gasteiger partial charge in [0.1, 0.15) is 0 Å². The van der Waals surface area contributed by atoms with Gasteiger partial charge in [-0.05, 0) is 34.4 Å². The summed E-state index contributed by atoms with van der Waals surface area (Å²) in [4.78, 5) is 2.57. The Balaban J connectivity index is 1.43. The molecule has 118 valence electrons. The van der Waals surface area contributed by atoms with E-state index in [2.05, 4.69) is 70.2 Å². The van der Waals surface area contributed by atoms with Gasteiger partial charge in [-0.2, -0.15) is 0 Å². The van der Waals surface area contributed by atoms with Crippen molar-refractivity contribution >= 4 is 21.4 Å². The Morgan fingerprint density at radius 3 is 2.78 bits per heavy atom. The van der Waals surface area contributed by atoms with E-state index in [1.54, 1.807) is 0 Å². The molecule has 1 atom stereocenters. The summed E-state index contributed by atoms with van der Waals surface area (Å²) >= 11 is 1.86. The molecule has 1 aliphatic rings. The van der Waals surface area contributed by atoms with E-state index in [9.17, 15) is 0 Å². The minimum Gasteiger partial charge on any atom is -0.311 e. The lowest BCUT2D eigenvalue weighted by Crippen LogP contribution is -2.51.